The number of aromatic nitrogens is 2. The predicted octanol–water partition coefficient (Wildman–Crippen LogP) is 1.86. The van der Waals surface area contributed by atoms with Gasteiger partial charge in [0, 0.05) is 32.1 Å². The van der Waals surface area contributed by atoms with Crippen LogP contribution in [0.25, 0.3) is 0 Å². The van der Waals surface area contributed by atoms with Crippen molar-refractivity contribution in [3.63, 3.8) is 0 Å². The van der Waals surface area contributed by atoms with Crippen molar-refractivity contribution in [2.24, 2.45) is 11.8 Å². The molecule has 0 aliphatic rings. The van der Waals surface area contributed by atoms with Gasteiger partial charge in [0.15, 0.2) is 5.69 Å². The summed E-state index contributed by atoms with van der Waals surface area (Å²) in [6, 6.07) is 2.55. The molecule has 0 spiro atoms. The fourth-order valence-electron chi connectivity index (χ4n) is 3.25. The zero-order valence-corrected chi connectivity index (χ0v) is 19.1. The van der Waals surface area contributed by atoms with Gasteiger partial charge >= 0.3 is 5.69 Å². The zero-order chi connectivity index (χ0) is 24.9. The molecule has 2 aromatic rings. The SMILES string of the molecule is CC(C)CN(C(=O)CCNC(=O)c1ccc(F)cc1F)c1c(N)n(CC(C)C)c(=O)[nH]c1=O. The van der Waals surface area contributed by atoms with Crippen LogP contribution in [0.4, 0.5) is 20.3 Å². The number of aromatic amines is 1. The average Bonchev–Trinajstić information content (AvgIpc) is 2.69. The number of hydrogen-bond donors (Lipinski definition) is 3. The maximum atomic E-state index is 13.8. The Morgan fingerprint density at radius 3 is 2.39 bits per heavy atom. The summed E-state index contributed by atoms with van der Waals surface area (Å²) in [7, 11) is 0. The molecule has 9 nitrogen and oxygen atoms in total. The number of benzene rings is 1. The van der Waals surface area contributed by atoms with E-state index in [-0.39, 0.29) is 55.0 Å². The molecule has 1 aromatic carbocycles. The second-order valence-electron chi connectivity index (χ2n) is 8.53. The normalized spacial score (nSPS) is 11.2. The van der Waals surface area contributed by atoms with Crippen LogP contribution in [-0.2, 0) is 11.3 Å². The first-order chi connectivity index (χ1) is 15.4. The first kappa shape index (κ1) is 25.8. The number of rotatable bonds is 9. The molecule has 0 fully saturated rings. The summed E-state index contributed by atoms with van der Waals surface area (Å²) in [6.45, 7) is 7.67. The molecule has 4 N–H and O–H groups in total. The largest absolute Gasteiger partial charge is 0.383 e. The van der Waals surface area contributed by atoms with Crippen molar-refractivity contribution in [3.05, 3.63) is 56.2 Å². The monoisotopic (exact) mass is 465 g/mol. The van der Waals surface area contributed by atoms with Crippen molar-refractivity contribution >= 4 is 23.3 Å². The lowest BCUT2D eigenvalue weighted by molar-refractivity contribution is -0.118. The lowest BCUT2D eigenvalue weighted by Crippen LogP contribution is -2.43. The minimum Gasteiger partial charge on any atom is -0.383 e. The van der Waals surface area contributed by atoms with Crippen molar-refractivity contribution in [1.82, 2.24) is 14.9 Å². The third kappa shape index (κ3) is 6.50. The average molecular weight is 466 g/mol. The first-order valence-corrected chi connectivity index (χ1v) is 10.6. The maximum absolute atomic E-state index is 13.8. The summed E-state index contributed by atoms with van der Waals surface area (Å²) in [5.41, 5.74) is 4.19. The van der Waals surface area contributed by atoms with E-state index >= 15 is 0 Å². The van der Waals surface area contributed by atoms with Crippen LogP contribution in [0.1, 0.15) is 44.5 Å². The van der Waals surface area contributed by atoms with Crippen LogP contribution in [-0.4, -0.2) is 34.5 Å². The molecule has 33 heavy (non-hydrogen) atoms. The Labute approximate surface area is 189 Å². The minimum absolute atomic E-state index is 0.0406. The quantitative estimate of drug-likeness (QED) is 0.520. The molecule has 0 aliphatic heterocycles. The van der Waals surface area contributed by atoms with Gasteiger partial charge in [0.25, 0.3) is 11.5 Å². The van der Waals surface area contributed by atoms with Gasteiger partial charge in [-0.05, 0) is 24.0 Å². The van der Waals surface area contributed by atoms with E-state index in [2.05, 4.69) is 10.3 Å². The van der Waals surface area contributed by atoms with Gasteiger partial charge in [-0.2, -0.15) is 0 Å². The van der Waals surface area contributed by atoms with Crippen molar-refractivity contribution in [1.29, 1.82) is 0 Å². The van der Waals surface area contributed by atoms with Crippen molar-refractivity contribution in [2.75, 3.05) is 23.7 Å². The standard InChI is InChI=1S/C22H29F2N5O4/c1-12(2)10-28(18-19(25)29(11-13(3)4)22(33)27-21(18)32)17(30)7-8-26-20(31)15-6-5-14(23)9-16(15)24/h5-6,9,12-13H,7-8,10-11,25H2,1-4H3,(H,26,31)(H,27,32,33). The first-order valence-electron chi connectivity index (χ1n) is 10.6. The minimum atomic E-state index is -1.02. The molecule has 0 saturated heterocycles. The van der Waals surface area contributed by atoms with E-state index in [1.165, 1.54) is 9.47 Å². The van der Waals surface area contributed by atoms with Crippen molar-refractivity contribution in [3.8, 4) is 0 Å². The topological polar surface area (TPSA) is 130 Å². The smallest absolute Gasteiger partial charge is 0.330 e. The van der Waals surface area contributed by atoms with Crippen molar-refractivity contribution < 1.29 is 18.4 Å². The molecule has 2 amide bonds. The number of nitrogens with one attached hydrogen (secondary N) is 2. The Morgan fingerprint density at radius 2 is 1.82 bits per heavy atom. The zero-order valence-electron chi connectivity index (χ0n) is 19.1. The number of nitrogen functional groups attached to an aromatic ring is 1. The molecule has 180 valence electrons. The highest BCUT2D eigenvalue weighted by Gasteiger charge is 2.25. The number of nitrogens with two attached hydrogens (primary N) is 1. The second-order valence-corrected chi connectivity index (χ2v) is 8.53. The van der Waals surface area contributed by atoms with E-state index in [0.29, 0.717) is 6.07 Å². The number of hydrogen-bond acceptors (Lipinski definition) is 5. The lowest BCUT2D eigenvalue weighted by Gasteiger charge is -2.26. The number of anilines is 2. The Bertz CT molecular complexity index is 1140. The number of H-pyrrole nitrogens is 1. The fourth-order valence-corrected chi connectivity index (χ4v) is 3.25. The maximum Gasteiger partial charge on any atom is 0.330 e. The molecule has 11 heteroatoms. The highest BCUT2D eigenvalue weighted by Crippen LogP contribution is 2.20. The van der Waals surface area contributed by atoms with Gasteiger partial charge in [-0.15, -0.1) is 0 Å². The van der Waals surface area contributed by atoms with Crippen LogP contribution < -0.4 is 27.2 Å². The van der Waals surface area contributed by atoms with Gasteiger partial charge in [-0.25, -0.2) is 13.6 Å². The molecular formula is C22H29F2N5O4. The van der Waals surface area contributed by atoms with Gasteiger partial charge in [0.05, 0.1) is 5.56 Å². The van der Waals surface area contributed by atoms with E-state index in [0.717, 1.165) is 12.1 Å². The molecular weight excluding hydrogens is 436 g/mol. The molecule has 0 unspecified atom stereocenters. The molecule has 0 aliphatic carbocycles. The predicted molar refractivity (Wildman–Crippen MR) is 121 cm³/mol. The van der Waals surface area contributed by atoms with Crippen molar-refractivity contribution in [2.45, 2.75) is 40.7 Å². The molecule has 0 saturated carbocycles. The fraction of sp³-hybridized carbons (Fsp3) is 0.455. The third-order valence-electron chi connectivity index (χ3n) is 4.68. The molecule has 0 radical (unpaired) electrons. The summed E-state index contributed by atoms with van der Waals surface area (Å²) in [6.07, 6.45) is -0.219. The highest BCUT2D eigenvalue weighted by atomic mass is 19.1. The molecule has 0 bridgehead atoms. The second kappa shape index (κ2) is 10.9. The molecule has 2 rings (SSSR count). The van der Waals surface area contributed by atoms with Crippen LogP contribution in [0.15, 0.2) is 27.8 Å². The summed E-state index contributed by atoms with van der Waals surface area (Å²) in [5, 5.41) is 2.40. The molecule has 1 heterocycles. The molecule has 0 atom stereocenters. The van der Waals surface area contributed by atoms with E-state index in [1.807, 2.05) is 27.7 Å². The van der Waals surface area contributed by atoms with Gasteiger partial charge in [0.1, 0.15) is 17.5 Å². The third-order valence-corrected chi connectivity index (χ3v) is 4.68. The lowest BCUT2D eigenvalue weighted by atomic mass is 10.1. The summed E-state index contributed by atoms with van der Waals surface area (Å²) >= 11 is 0. The van der Waals surface area contributed by atoms with E-state index < -0.39 is 34.7 Å². The molecule has 1 aromatic heterocycles. The highest BCUT2D eigenvalue weighted by molar-refractivity contribution is 5.97. The number of halogens is 2. The van der Waals surface area contributed by atoms with Gasteiger partial charge in [-0.1, -0.05) is 27.7 Å². The van der Waals surface area contributed by atoms with E-state index in [9.17, 15) is 28.0 Å². The Balaban J connectivity index is 2.25. The van der Waals surface area contributed by atoms with Crippen LogP contribution in [0.2, 0.25) is 0 Å². The van der Waals surface area contributed by atoms with E-state index in [1.54, 1.807) is 0 Å². The van der Waals surface area contributed by atoms with Crippen LogP contribution in [0, 0.1) is 23.5 Å². The van der Waals surface area contributed by atoms with Gasteiger partial charge < -0.3 is 16.0 Å². The van der Waals surface area contributed by atoms with Crippen LogP contribution in [0.5, 0.6) is 0 Å². The summed E-state index contributed by atoms with van der Waals surface area (Å²) in [5.74, 6) is -3.27. The number of carbonyl (C=O) groups is 2. The number of amides is 2. The Hall–Kier alpha value is -3.50. The van der Waals surface area contributed by atoms with Crippen LogP contribution in [0.3, 0.4) is 0 Å². The van der Waals surface area contributed by atoms with Gasteiger partial charge in [-0.3, -0.25) is 23.9 Å². The number of nitrogens with zero attached hydrogens (tertiary/aromatic N) is 2. The Kier molecular flexibility index (Phi) is 8.50. The number of carbonyl (C=O) groups excluding carboxylic acids is 2. The van der Waals surface area contributed by atoms with Gasteiger partial charge in [0.2, 0.25) is 5.91 Å². The van der Waals surface area contributed by atoms with Crippen LogP contribution >= 0.6 is 0 Å². The summed E-state index contributed by atoms with van der Waals surface area (Å²) in [4.78, 5) is 53.3. The summed E-state index contributed by atoms with van der Waals surface area (Å²) < 4.78 is 28.0. The van der Waals surface area contributed by atoms with E-state index in [4.69, 9.17) is 5.73 Å². The Morgan fingerprint density at radius 1 is 1.15 bits per heavy atom.